The van der Waals surface area contributed by atoms with Crippen molar-refractivity contribution in [3.05, 3.63) is 10.2 Å². The Labute approximate surface area is 82.9 Å². The lowest BCUT2D eigenvalue weighted by Crippen LogP contribution is -2.17. The fourth-order valence-electron chi connectivity index (χ4n) is 1.34. The van der Waals surface area contributed by atoms with Crippen LogP contribution in [0.2, 0.25) is 0 Å². The van der Waals surface area contributed by atoms with Gasteiger partial charge in [0.25, 0.3) is 0 Å². The molecule has 1 aromatic rings. The summed E-state index contributed by atoms with van der Waals surface area (Å²) in [6, 6.07) is 0. The number of hydrogen-bond donors (Lipinski definition) is 2. The maximum atomic E-state index is 10.7. The van der Waals surface area contributed by atoms with Crippen molar-refractivity contribution >= 4 is 27.7 Å². The van der Waals surface area contributed by atoms with Crippen molar-refractivity contribution in [3.8, 4) is 0 Å². The molecule has 0 bridgehead atoms. The summed E-state index contributed by atoms with van der Waals surface area (Å²) in [4.78, 5) is 10.7. The fourth-order valence-corrected chi connectivity index (χ4v) is 1.94. The maximum Gasteiger partial charge on any atom is 0.357 e. The molecule has 0 aliphatic carbocycles. The van der Waals surface area contributed by atoms with Crippen LogP contribution in [0.5, 0.6) is 0 Å². The van der Waals surface area contributed by atoms with Gasteiger partial charge in [-0.25, -0.2) is 9.48 Å². The number of fused-ring (bicyclic) bond motifs is 1. The highest BCUT2D eigenvalue weighted by Crippen LogP contribution is 2.28. The molecule has 0 fully saturated rings. The van der Waals surface area contributed by atoms with Gasteiger partial charge in [-0.1, -0.05) is 0 Å². The SMILES string of the molecule is O=C(O)c1nn2c(c1Br)NCCC2. The van der Waals surface area contributed by atoms with Gasteiger partial charge in [-0.2, -0.15) is 5.10 Å². The Hall–Kier alpha value is -1.04. The third kappa shape index (κ3) is 1.31. The molecule has 1 aromatic heterocycles. The van der Waals surface area contributed by atoms with E-state index in [1.54, 1.807) is 4.68 Å². The lowest BCUT2D eigenvalue weighted by Gasteiger charge is -2.15. The van der Waals surface area contributed by atoms with Crippen molar-refractivity contribution in [2.24, 2.45) is 0 Å². The van der Waals surface area contributed by atoms with Crippen LogP contribution in [0.15, 0.2) is 4.47 Å². The summed E-state index contributed by atoms with van der Waals surface area (Å²) >= 11 is 3.21. The van der Waals surface area contributed by atoms with Gasteiger partial charge in [0, 0.05) is 13.1 Å². The largest absolute Gasteiger partial charge is 0.476 e. The highest BCUT2D eigenvalue weighted by atomic mass is 79.9. The first-order valence-electron chi connectivity index (χ1n) is 3.93. The normalized spacial score (nSPS) is 14.8. The number of halogens is 1. The zero-order chi connectivity index (χ0) is 9.42. The predicted octanol–water partition coefficient (Wildman–Crippen LogP) is 1.16. The number of hydrogen-bond acceptors (Lipinski definition) is 3. The summed E-state index contributed by atoms with van der Waals surface area (Å²) < 4.78 is 2.22. The molecule has 1 aliphatic rings. The Balaban J connectivity index is 2.50. The maximum absolute atomic E-state index is 10.7. The molecule has 0 spiro atoms. The van der Waals surface area contributed by atoms with E-state index in [4.69, 9.17) is 5.11 Å². The zero-order valence-corrected chi connectivity index (χ0v) is 8.34. The van der Waals surface area contributed by atoms with Gasteiger partial charge in [0.05, 0.1) is 4.47 Å². The van der Waals surface area contributed by atoms with Crippen LogP contribution in [0.1, 0.15) is 16.9 Å². The molecule has 2 rings (SSSR count). The Bertz CT molecular complexity index is 361. The Morgan fingerprint density at radius 2 is 2.46 bits per heavy atom. The van der Waals surface area contributed by atoms with Crippen molar-refractivity contribution in [2.45, 2.75) is 13.0 Å². The number of nitrogens with zero attached hydrogens (tertiary/aromatic N) is 2. The standard InChI is InChI=1S/C7H8BrN3O2/c8-4-5(7(12)13)10-11-3-1-2-9-6(4)11/h9H,1-3H2,(H,12,13). The minimum Gasteiger partial charge on any atom is -0.476 e. The van der Waals surface area contributed by atoms with Gasteiger partial charge in [0.15, 0.2) is 5.69 Å². The summed E-state index contributed by atoms with van der Waals surface area (Å²) in [5.74, 6) is -0.237. The van der Waals surface area contributed by atoms with E-state index in [1.807, 2.05) is 0 Å². The quantitative estimate of drug-likeness (QED) is 0.780. The topological polar surface area (TPSA) is 67.1 Å². The average molecular weight is 246 g/mol. The van der Waals surface area contributed by atoms with E-state index in [-0.39, 0.29) is 5.69 Å². The molecule has 70 valence electrons. The van der Waals surface area contributed by atoms with E-state index >= 15 is 0 Å². The molecule has 2 heterocycles. The molecule has 6 heteroatoms. The summed E-state index contributed by atoms with van der Waals surface area (Å²) in [6.45, 7) is 1.64. The van der Waals surface area contributed by atoms with E-state index in [2.05, 4.69) is 26.3 Å². The molecule has 0 radical (unpaired) electrons. The minimum absolute atomic E-state index is 0.0735. The van der Waals surface area contributed by atoms with Crippen molar-refractivity contribution in [1.82, 2.24) is 9.78 Å². The zero-order valence-electron chi connectivity index (χ0n) is 6.75. The lowest BCUT2D eigenvalue weighted by molar-refractivity contribution is 0.0688. The van der Waals surface area contributed by atoms with Gasteiger partial charge < -0.3 is 10.4 Å². The van der Waals surface area contributed by atoms with Crippen LogP contribution in [0.4, 0.5) is 5.82 Å². The molecular weight excluding hydrogens is 238 g/mol. The van der Waals surface area contributed by atoms with Gasteiger partial charge in [-0.05, 0) is 22.4 Å². The molecule has 2 N–H and O–H groups in total. The van der Waals surface area contributed by atoms with Crippen LogP contribution in [0, 0.1) is 0 Å². The Morgan fingerprint density at radius 3 is 3.08 bits per heavy atom. The van der Waals surface area contributed by atoms with Crippen molar-refractivity contribution in [2.75, 3.05) is 11.9 Å². The van der Waals surface area contributed by atoms with E-state index in [0.717, 1.165) is 25.3 Å². The Morgan fingerprint density at radius 1 is 1.69 bits per heavy atom. The molecule has 0 unspecified atom stereocenters. The summed E-state index contributed by atoms with van der Waals surface area (Å²) in [5.41, 5.74) is 0.0735. The molecular formula is C7H8BrN3O2. The van der Waals surface area contributed by atoms with Crippen LogP contribution in [-0.4, -0.2) is 27.4 Å². The van der Waals surface area contributed by atoms with Crippen LogP contribution in [0.3, 0.4) is 0 Å². The van der Waals surface area contributed by atoms with E-state index in [0.29, 0.717) is 4.47 Å². The highest BCUT2D eigenvalue weighted by Gasteiger charge is 2.22. The second-order valence-corrected chi connectivity index (χ2v) is 3.61. The number of aromatic nitrogens is 2. The van der Waals surface area contributed by atoms with Crippen LogP contribution < -0.4 is 5.32 Å². The number of carboxylic acids is 1. The van der Waals surface area contributed by atoms with Crippen molar-refractivity contribution < 1.29 is 9.90 Å². The molecule has 13 heavy (non-hydrogen) atoms. The predicted molar refractivity (Wildman–Crippen MR) is 50.0 cm³/mol. The van der Waals surface area contributed by atoms with Crippen LogP contribution >= 0.6 is 15.9 Å². The summed E-state index contributed by atoms with van der Waals surface area (Å²) in [6.07, 6.45) is 0.972. The molecule has 0 atom stereocenters. The van der Waals surface area contributed by atoms with Gasteiger partial charge in [-0.15, -0.1) is 0 Å². The smallest absolute Gasteiger partial charge is 0.357 e. The van der Waals surface area contributed by atoms with Crippen molar-refractivity contribution in [1.29, 1.82) is 0 Å². The second-order valence-electron chi connectivity index (χ2n) is 2.82. The first-order chi connectivity index (χ1) is 6.20. The molecule has 0 aromatic carbocycles. The molecule has 5 nitrogen and oxygen atoms in total. The van der Waals surface area contributed by atoms with E-state index in [9.17, 15) is 4.79 Å². The second kappa shape index (κ2) is 3.02. The number of aryl methyl sites for hydroxylation is 1. The summed E-state index contributed by atoms with van der Waals surface area (Å²) in [7, 11) is 0. The molecule has 0 saturated carbocycles. The average Bonchev–Trinajstić information content (AvgIpc) is 2.45. The number of nitrogens with one attached hydrogen (secondary N) is 1. The van der Waals surface area contributed by atoms with Crippen LogP contribution in [-0.2, 0) is 6.54 Å². The Kier molecular flexibility index (Phi) is 1.99. The lowest BCUT2D eigenvalue weighted by atomic mass is 10.3. The van der Waals surface area contributed by atoms with Gasteiger partial charge >= 0.3 is 5.97 Å². The molecule has 0 saturated heterocycles. The monoisotopic (exact) mass is 245 g/mol. The number of carboxylic acid groups (broad SMARTS) is 1. The van der Waals surface area contributed by atoms with Crippen molar-refractivity contribution in [3.63, 3.8) is 0 Å². The first kappa shape index (κ1) is 8.55. The van der Waals surface area contributed by atoms with E-state index in [1.165, 1.54) is 0 Å². The summed E-state index contributed by atoms with van der Waals surface area (Å²) in [5, 5.41) is 15.8. The third-order valence-corrected chi connectivity index (χ3v) is 2.69. The number of rotatable bonds is 1. The third-order valence-electron chi connectivity index (χ3n) is 1.94. The number of carbonyl (C=O) groups is 1. The minimum atomic E-state index is -1.00. The molecule has 0 amide bonds. The van der Waals surface area contributed by atoms with Crippen LogP contribution in [0.25, 0.3) is 0 Å². The number of aromatic carboxylic acids is 1. The van der Waals surface area contributed by atoms with E-state index < -0.39 is 5.97 Å². The molecule has 1 aliphatic heterocycles. The first-order valence-corrected chi connectivity index (χ1v) is 4.73. The fraction of sp³-hybridized carbons (Fsp3) is 0.429. The van der Waals surface area contributed by atoms with Gasteiger partial charge in [0.2, 0.25) is 0 Å². The van der Waals surface area contributed by atoms with Gasteiger partial charge in [-0.3, -0.25) is 0 Å². The highest BCUT2D eigenvalue weighted by molar-refractivity contribution is 9.10. The van der Waals surface area contributed by atoms with Gasteiger partial charge in [0.1, 0.15) is 5.82 Å². The number of anilines is 1.